The summed E-state index contributed by atoms with van der Waals surface area (Å²) >= 11 is 1.52. The van der Waals surface area contributed by atoms with Gasteiger partial charge in [-0.05, 0) is 23.1 Å². The highest BCUT2D eigenvalue weighted by atomic mass is 32.1. The largest absolute Gasteiger partial charge is 0.343 e. The molecular weight excluding hydrogens is 298 g/mol. The van der Waals surface area contributed by atoms with Gasteiger partial charge in [-0.1, -0.05) is 36.4 Å². The van der Waals surface area contributed by atoms with E-state index in [1.807, 2.05) is 47.8 Å². The Morgan fingerprint density at radius 2 is 1.95 bits per heavy atom. The second-order valence-corrected chi connectivity index (χ2v) is 5.25. The van der Waals surface area contributed by atoms with E-state index in [1.54, 1.807) is 12.3 Å². The van der Waals surface area contributed by atoms with E-state index in [0.29, 0.717) is 0 Å². The van der Waals surface area contributed by atoms with Crippen molar-refractivity contribution in [2.45, 2.75) is 0 Å². The lowest BCUT2D eigenvalue weighted by molar-refractivity contribution is -0.123. The van der Waals surface area contributed by atoms with Gasteiger partial charge in [0.25, 0.3) is 5.91 Å². The molecule has 0 fully saturated rings. The van der Waals surface area contributed by atoms with Gasteiger partial charge in [0.1, 0.15) is 0 Å². The molecule has 22 heavy (non-hydrogen) atoms. The predicted octanol–water partition coefficient (Wildman–Crippen LogP) is 2.03. The van der Waals surface area contributed by atoms with E-state index >= 15 is 0 Å². The van der Waals surface area contributed by atoms with Crippen molar-refractivity contribution in [3.8, 4) is 0 Å². The monoisotopic (exact) mass is 313 g/mol. The second-order valence-electron chi connectivity index (χ2n) is 4.27. The first kappa shape index (κ1) is 15.7. The lowest BCUT2D eigenvalue weighted by atomic mass is 10.2. The number of hydrogen-bond donors (Lipinski definition) is 2. The summed E-state index contributed by atoms with van der Waals surface area (Å²) in [6.07, 6.45) is 4.62. The fourth-order valence-electron chi connectivity index (χ4n) is 1.53. The Morgan fingerprint density at radius 3 is 2.68 bits per heavy atom. The van der Waals surface area contributed by atoms with Gasteiger partial charge < -0.3 is 5.32 Å². The van der Waals surface area contributed by atoms with Crippen LogP contribution in [-0.4, -0.2) is 24.6 Å². The van der Waals surface area contributed by atoms with Crippen LogP contribution in [0, 0.1) is 0 Å². The molecule has 0 aliphatic heterocycles. The van der Waals surface area contributed by atoms with E-state index in [4.69, 9.17) is 0 Å². The van der Waals surface area contributed by atoms with Gasteiger partial charge in [-0.2, -0.15) is 5.10 Å². The van der Waals surface area contributed by atoms with E-state index in [0.717, 1.165) is 10.4 Å². The second kappa shape index (κ2) is 8.53. The Labute approximate surface area is 132 Å². The van der Waals surface area contributed by atoms with Crippen molar-refractivity contribution < 1.29 is 9.59 Å². The van der Waals surface area contributed by atoms with E-state index in [-0.39, 0.29) is 18.4 Å². The summed E-state index contributed by atoms with van der Waals surface area (Å²) in [7, 11) is 0. The standard InChI is InChI=1S/C16H15N3O2S/c20-15(9-8-13-5-2-1-3-6-13)17-12-16(21)19-18-11-14-7-4-10-22-14/h1-11H,12H2,(H,17,20)(H,19,21)/b9-8+,18-11-. The van der Waals surface area contributed by atoms with Crippen LogP contribution in [-0.2, 0) is 9.59 Å². The van der Waals surface area contributed by atoms with E-state index in [2.05, 4.69) is 15.8 Å². The summed E-state index contributed by atoms with van der Waals surface area (Å²) in [5.41, 5.74) is 3.27. The fourth-order valence-corrected chi connectivity index (χ4v) is 2.12. The summed E-state index contributed by atoms with van der Waals surface area (Å²) in [5, 5.41) is 8.21. The summed E-state index contributed by atoms with van der Waals surface area (Å²) in [6.45, 7) is -0.125. The number of thiophene rings is 1. The lowest BCUT2D eigenvalue weighted by Gasteiger charge is -2.00. The molecule has 1 heterocycles. The molecule has 0 bridgehead atoms. The van der Waals surface area contributed by atoms with Gasteiger partial charge >= 0.3 is 0 Å². The van der Waals surface area contributed by atoms with Crippen LogP contribution in [0.3, 0.4) is 0 Å². The first-order chi connectivity index (χ1) is 10.7. The van der Waals surface area contributed by atoms with Crippen LogP contribution < -0.4 is 10.7 Å². The van der Waals surface area contributed by atoms with Gasteiger partial charge in [-0.15, -0.1) is 11.3 Å². The topological polar surface area (TPSA) is 70.6 Å². The van der Waals surface area contributed by atoms with E-state index in [9.17, 15) is 9.59 Å². The number of hydrazone groups is 1. The maximum atomic E-state index is 11.6. The molecule has 0 aliphatic carbocycles. The number of rotatable bonds is 6. The van der Waals surface area contributed by atoms with Crippen molar-refractivity contribution in [1.82, 2.24) is 10.7 Å². The van der Waals surface area contributed by atoms with Crippen molar-refractivity contribution in [3.05, 3.63) is 64.4 Å². The minimum atomic E-state index is -0.380. The first-order valence-corrected chi connectivity index (χ1v) is 7.48. The molecular formula is C16H15N3O2S. The fraction of sp³-hybridized carbons (Fsp3) is 0.0625. The van der Waals surface area contributed by atoms with Gasteiger partial charge in [0, 0.05) is 11.0 Å². The van der Waals surface area contributed by atoms with E-state index < -0.39 is 0 Å². The third-order valence-corrected chi connectivity index (χ3v) is 3.38. The normalized spacial score (nSPS) is 10.9. The van der Waals surface area contributed by atoms with Crippen LogP contribution in [0.4, 0.5) is 0 Å². The molecule has 2 amide bonds. The van der Waals surface area contributed by atoms with Gasteiger partial charge in [0.15, 0.2) is 0 Å². The number of nitrogens with one attached hydrogen (secondary N) is 2. The van der Waals surface area contributed by atoms with E-state index in [1.165, 1.54) is 17.4 Å². The molecule has 2 N–H and O–H groups in total. The van der Waals surface area contributed by atoms with Crippen LogP contribution in [0.2, 0.25) is 0 Å². The summed E-state index contributed by atoms with van der Waals surface area (Å²) < 4.78 is 0. The zero-order valence-corrected chi connectivity index (χ0v) is 12.5. The molecule has 0 atom stereocenters. The zero-order chi connectivity index (χ0) is 15.6. The van der Waals surface area contributed by atoms with Crippen molar-refractivity contribution in [2.75, 3.05) is 6.54 Å². The Morgan fingerprint density at radius 1 is 1.14 bits per heavy atom. The van der Waals surface area contributed by atoms with Crippen molar-refractivity contribution in [2.24, 2.45) is 5.10 Å². The third kappa shape index (κ3) is 5.72. The maximum absolute atomic E-state index is 11.6. The average molecular weight is 313 g/mol. The number of carbonyl (C=O) groups excluding carboxylic acids is 2. The molecule has 1 aromatic carbocycles. The van der Waals surface area contributed by atoms with Crippen LogP contribution in [0.25, 0.3) is 6.08 Å². The Balaban J connectivity index is 1.69. The zero-order valence-electron chi connectivity index (χ0n) is 11.7. The minimum absolute atomic E-state index is 0.125. The highest BCUT2D eigenvalue weighted by Crippen LogP contribution is 2.04. The molecule has 2 aromatic rings. The van der Waals surface area contributed by atoms with Gasteiger partial charge in [0.05, 0.1) is 12.8 Å². The van der Waals surface area contributed by atoms with Crippen molar-refractivity contribution in [3.63, 3.8) is 0 Å². The molecule has 0 saturated heterocycles. The van der Waals surface area contributed by atoms with Crippen LogP contribution in [0.15, 0.2) is 59.0 Å². The summed E-state index contributed by atoms with van der Waals surface area (Å²) in [4.78, 5) is 24.0. The Kier molecular flexibility index (Phi) is 6.07. The highest BCUT2D eigenvalue weighted by Gasteiger charge is 2.01. The Hall–Kier alpha value is -2.73. The molecule has 112 valence electrons. The molecule has 0 unspecified atom stereocenters. The molecule has 0 aliphatic rings. The number of amides is 2. The van der Waals surface area contributed by atoms with Gasteiger partial charge in [0.2, 0.25) is 5.91 Å². The predicted molar refractivity (Wildman–Crippen MR) is 88.5 cm³/mol. The van der Waals surface area contributed by atoms with Gasteiger partial charge in [-0.3, -0.25) is 9.59 Å². The van der Waals surface area contributed by atoms with Crippen LogP contribution in [0.5, 0.6) is 0 Å². The quantitative estimate of drug-likeness (QED) is 0.487. The molecule has 5 nitrogen and oxygen atoms in total. The molecule has 1 aromatic heterocycles. The smallest absolute Gasteiger partial charge is 0.259 e. The molecule has 0 spiro atoms. The SMILES string of the molecule is O=C(/C=C/c1ccccc1)NCC(=O)N/N=C\c1cccs1. The molecule has 0 radical (unpaired) electrons. The summed E-state index contributed by atoms with van der Waals surface area (Å²) in [6, 6.07) is 13.2. The van der Waals surface area contributed by atoms with Gasteiger partial charge in [-0.25, -0.2) is 5.43 Å². The van der Waals surface area contributed by atoms with Crippen molar-refractivity contribution >= 4 is 35.4 Å². The lowest BCUT2D eigenvalue weighted by Crippen LogP contribution is -2.33. The average Bonchev–Trinajstić information content (AvgIpc) is 3.05. The summed E-state index contributed by atoms with van der Waals surface area (Å²) in [5.74, 6) is -0.712. The number of benzene rings is 1. The van der Waals surface area contributed by atoms with Crippen LogP contribution >= 0.6 is 11.3 Å². The number of hydrogen-bond acceptors (Lipinski definition) is 4. The highest BCUT2D eigenvalue weighted by molar-refractivity contribution is 7.11. The minimum Gasteiger partial charge on any atom is -0.343 e. The van der Waals surface area contributed by atoms with Crippen LogP contribution in [0.1, 0.15) is 10.4 Å². The maximum Gasteiger partial charge on any atom is 0.259 e. The Bertz CT molecular complexity index is 664. The third-order valence-electron chi connectivity index (χ3n) is 2.57. The molecule has 0 saturated carbocycles. The molecule has 6 heteroatoms. The number of carbonyl (C=O) groups is 2. The number of nitrogens with zero attached hydrogens (tertiary/aromatic N) is 1. The van der Waals surface area contributed by atoms with Crippen molar-refractivity contribution in [1.29, 1.82) is 0 Å². The molecule has 2 rings (SSSR count). The first-order valence-electron chi connectivity index (χ1n) is 6.60.